The Balaban J connectivity index is 2.72. The van der Waals surface area contributed by atoms with Crippen molar-refractivity contribution in [1.29, 1.82) is 5.26 Å². The van der Waals surface area contributed by atoms with Crippen LogP contribution in [-0.2, 0) is 6.61 Å². The number of nitrogens with zero attached hydrogens (tertiary/aromatic N) is 1. The van der Waals surface area contributed by atoms with Crippen LogP contribution in [0.15, 0.2) is 16.6 Å². The van der Waals surface area contributed by atoms with Gasteiger partial charge in [0.1, 0.15) is 0 Å². The van der Waals surface area contributed by atoms with Crippen molar-refractivity contribution >= 4 is 15.9 Å². The Kier molecular flexibility index (Phi) is 7.00. The summed E-state index contributed by atoms with van der Waals surface area (Å²) >= 11 is 3.45. The molecule has 0 bridgehead atoms. The van der Waals surface area contributed by atoms with Crippen LogP contribution in [0.4, 0.5) is 0 Å². The van der Waals surface area contributed by atoms with Gasteiger partial charge in [-0.3, -0.25) is 0 Å². The first kappa shape index (κ1) is 17.8. The number of hydrogen-bond acceptors (Lipinski definition) is 4. The molecule has 0 spiro atoms. The van der Waals surface area contributed by atoms with Crippen molar-refractivity contribution in [3.8, 4) is 17.6 Å². The van der Waals surface area contributed by atoms with E-state index in [0.29, 0.717) is 24.7 Å². The molecule has 0 amide bonds. The van der Waals surface area contributed by atoms with E-state index < -0.39 is 0 Å². The Morgan fingerprint density at radius 3 is 2.62 bits per heavy atom. The second kappa shape index (κ2) is 8.26. The molecule has 0 atom stereocenters. The van der Waals surface area contributed by atoms with Crippen LogP contribution < -0.4 is 9.47 Å². The van der Waals surface area contributed by atoms with Gasteiger partial charge in [-0.1, -0.05) is 0 Å². The fourth-order valence-electron chi connectivity index (χ4n) is 1.86. The summed E-state index contributed by atoms with van der Waals surface area (Å²) < 4.78 is 12.1. The van der Waals surface area contributed by atoms with Crippen LogP contribution >= 0.6 is 15.9 Å². The van der Waals surface area contributed by atoms with E-state index in [4.69, 9.17) is 14.7 Å². The molecule has 0 unspecified atom stereocenters. The average Bonchev–Trinajstić information content (AvgIpc) is 2.45. The van der Waals surface area contributed by atoms with E-state index in [0.717, 1.165) is 22.9 Å². The Hall–Kier alpha value is -1.25. The zero-order chi connectivity index (χ0) is 15.9. The molecule has 0 saturated heterocycles. The molecule has 0 heterocycles. The van der Waals surface area contributed by atoms with E-state index in [1.165, 1.54) is 0 Å². The lowest BCUT2D eigenvalue weighted by Crippen LogP contribution is -2.10. The number of ether oxygens (including phenoxy) is 2. The van der Waals surface area contributed by atoms with Crippen LogP contribution in [0.3, 0.4) is 0 Å². The Labute approximate surface area is 134 Å². The van der Waals surface area contributed by atoms with Crippen molar-refractivity contribution in [1.82, 2.24) is 0 Å². The zero-order valence-corrected chi connectivity index (χ0v) is 14.4. The van der Waals surface area contributed by atoms with Crippen LogP contribution in [0, 0.1) is 16.7 Å². The van der Waals surface area contributed by atoms with Gasteiger partial charge < -0.3 is 14.6 Å². The van der Waals surface area contributed by atoms with Gasteiger partial charge in [0.15, 0.2) is 11.5 Å². The highest BCUT2D eigenvalue weighted by atomic mass is 79.9. The fraction of sp³-hybridized carbons (Fsp3) is 0.562. The molecule has 0 fully saturated rings. The molecular formula is C16H22BrNO3. The molecule has 116 valence electrons. The predicted molar refractivity (Wildman–Crippen MR) is 85.4 cm³/mol. The molecule has 0 aliphatic heterocycles. The highest BCUT2D eigenvalue weighted by molar-refractivity contribution is 9.10. The lowest BCUT2D eigenvalue weighted by Gasteiger charge is -2.17. The topological polar surface area (TPSA) is 62.5 Å². The van der Waals surface area contributed by atoms with Crippen molar-refractivity contribution in [2.24, 2.45) is 5.41 Å². The van der Waals surface area contributed by atoms with E-state index in [9.17, 15) is 5.11 Å². The standard InChI is InChI=1S/C16H22BrNO3/c1-4-20-14-9-12(10-19)8-13(17)15(14)21-7-5-6-16(2,3)11-18/h8-9,19H,4-7,10H2,1-3H3. The van der Waals surface area contributed by atoms with Crippen LogP contribution in [0.5, 0.6) is 11.5 Å². The Morgan fingerprint density at radius 1 is 1.33 bits per heavy atom. The van der Waals surface area contributed by atoms with E-state index in [1.807, 2.05) is 26.8 Å². The number of benzene rings is 1. The zero-order valence-electron chi connectivity index (χ0n) is 12.8. The molecule has 5 heteroatoms. The highest BCUT2D eigenvalue weighted by Crippen LogP contribution is 2.37. The van der Waals surface area contributed by atoms with E-state index in [-0.39, 0.29) is 12.0 Å². The van der Waals surface area contributed by atoms with Crippen LogP contribution in [-0.4, -0.2) is 18.3 Å². The van der Waals surface area contributed by atoms with Gasteiger partial charge in [-0.2, -0.15) is 5.26 Å². The van der Waals surface area contributed by atoms with Crippen molar-refractivity contribution < 1.29 is 14.6 Å². The van der Waals surface area contributed by atoms with Gasteiger partial charge in [-0.25, -0.2) is 0 Å². The predicted octanol–water partition coefficient (Wildman–Crippen LogP) is 4.05. The van der Waals surface area contributed by atoms with Gasteiger partial charge in [0.25, 0.3) is 0 Å². The van der Waals surface area contributed by atoms with Gasteiger partial charge in [0, 0.05) is 0 Å². The lowest BCUT2D eigenvalue weighted by molar-refractivity contribution is 0.255. The second-order valence-electron chi connectivity index (χ2n) is 5.44. The van der Waals surface area contributed by atoms with Crippen molar-refractivity contribution in [2.75, 3.05) is 13.2 Å². The summed E-state index contributed by atoms with van der Waals surface area (Å²) in [4.78, 5) is 0. The monoisotopic (exact) mass is 355 g/mol. The van der Waals surface area contributed by atoms with Crippen molar-refractivity contribution in [2.45, 2.75) is 40.2 Å². The van der Waals surface area contributed by atoms with E-state index in [2.05, 4.69) is 22.0 Å². The maximum atomic E-state index is 9.23. The Bertz CT molecular complexity index is 509. The molecule has 1 N–H and O–H groups in total. The van der Waals surface area contributed by atoms with Crippen molar-refractivity contribution in [3.05, 3.63) is 22.2 Å². The first-order valence-electron chi connectivity index (χ1n) is 7.03. The van der Waals surface area contributed by atoms with Crippen LogP contribution in [0.25, 0.3) is 0 Å². The molecule has 0 aliphatic rings. The molecule has 0 saturated carbocycles. The summed E-state index contributed by atoms with van der Waals surface area (Å²) in [5.74, 6) is 1.26. The highest BCUT2D eigenvalue weighted by Gasteiger charge is 2.17. The average molecular weight is 356 g/mol. The summed E-state index contributed by atoms with van der Waals surface area (Å²) in [6, 6.07) is 5.88. The van der Waals surface area contributed by atoms with Gasteiger partial charge in [0.2, 0.25) is 0 Å². The molecule has 0 radical (unpaired) electrons. The molecule has 1 rings (SSSR count). The number of aliphatic hydroxyl groups excluding tert-OH is 1. The summed E-state index contributed by atoms with van der Waals surface area (Å²) in [5, 5.41) is 18.2. The van der Waals surface area contributed by atoms with Crippen molar-refractivity contribution in [3.63, 3.8) is 0 Å². The summed E-state index contributed by atoms with van der Waals surface area (Å²) in [7, 11) is 0. The summed E-state index contributed by atoms with van der Waals surface area (Å²) in [6.45, 7) is 6.74. The first-order valence-corrected chi connectivity index (χ1v) is 7.83. The molecule has 0 aromatic heterocycles. The quantitative estimate of drug-likeness (QED) is 0.714. The third kappa shape index (κ3) is 5.56. The maximum Gasteiger partial charge on any atom is 0.175 e. The van der Waals surface area contributed by atoms with Gasteiger partial charge >= 0.3 is 0 Å². The fourth-order valence-corrected chi connectivity index (χ4v) is 2.46. The molecule has 1 aromatic rings. The largest absolute Gasteiger partial charge is 0.490 e. The second-order valence-corrected chi connectivity index (χ2v) is 6.30. The van der Waals surface area contributed by atoms with Crippen LogP contribution in [0.1, 0.15) is 39.2 Å². The number of halogens is 1. The minimum absolute atomic E-state index is 0.0463. The minimum Gasteiger partial charge on any atom is -0.490 e. The first-order chi connectivity index (χ1) is 9.93. The number of rotatable bonds is 8. The van der Waals surface area contributed by atoms with Crippen LogP contribution in [0.2, 0.25) is 0 Å². The van der Waals surface area contributed by atoms with E-state index >= 15 is 0 Å². The third-order valence-corrected chi connectivity index (χ3v) is 3.64. The van der Waals surface area contributed by atoms with Gasteiger partial charge in [-0.15, -0.1) is 0 Å². The Morgan fingerprint density at radius 2 is 2.05 bits per heavy atom. The minimum atomic E-state index is -0.329. The SMILES string of the molecule is CCOc1cc(CO)cc(Br)c1OCCCC(C)(C)C#N. The van der Waals surface area contributed by atoms with Gasteiger partial charge in [0.05, 0.1) is 35.8 Å². The van der Waals surface area contributed by atoms with Gasteiger partial charge in [-0.05, 0) is 67.2 Å². The molecule has 4 nitrogen and oxygen atoms in total. The van der Waals surface area contributed by atoms with E-state index in [1.54, 1.807) is 6.07 Å². The third-order valence-electron chi connectivity index (χ3n) is 3.05. The number of nitriles is 1. The normalized spacial score (nSPS) is 11.0. The maximum absolute atomic E-state index is 9.23. The summed E-state index contributed by atoms with van der Waals surface area (Å²) in [5.41, 5.74) is 0.438. The summed E-state index contributed by atoms with van der Waals surface area (Å²) in [6.07, 6.45) is 1.57. The molecule has 1 aromatic carbocycles. The number of aliphatic hydroxyl groups is 1. The number of hydrogen-bond donors (Lipinski definition) is 1. The smallest absolute Gasteiger partial charge is 0.175 e. The lowest BCUT2D eigenvalue weighted by atomic mass is 9.90. The molecular weight excluding hydrogens is 334 g/mol. The molecule has 21 heavy (non-hydrogen) atoms. The molecule has 0 aliphatic carbocycles.